The van der Waals surface area contributed by atoms with E-state index in [4.69, 9.17) is 11.6 Å². The Kier molecular flexibility index (Phi) is 5.12. The predicted octanol–water partition coefficient (Wildman–Crippen LogP) is 3.59. The number of carbonyl (C=O) groups is 2. The third-order valence-corrected chi connectivity index (χ3v) is 4.40. The van der Waals surface area contributed by atoms with Crippen molar-refractivity contribution >= 4 is 29.1 Å². The molecule has 0 radical (unpaired) electrons. The average molecular weight is 323 g/mol. The van der Waals surface area contributed by atoms with Crippen molar-refractivity contribution in [3.63, 3.8) is 0 Å². The zero-order valence-corrected chi connectivity index (χ0v) is 14.1. The first-order valence-electron chi connectivity index (χ1n) is 7.77. The number of benzene rings is 1. The number of nitrogens with one attached hydrogen (secondary N) is 2. The number of anilines is 1. The highest BCUT2D eigenvalue weighted by atomic mass is 35.5. The fourth-order valence-electron chi connectivity index (χ4n) is 2.54. The molecule has 1 saturated carbocycles. The number of carbonyl (C=O) groups excluding carboxylic acids is 2. The number of amides is 2. The molecule has 0 unspecified atom stereocenters. The van der Waals surface area contributed by atoms with Crippen LogP contribution in [0, 0.1) is 19.3 Å². The Hall–Kier alpha value is -1.55. The third kappa shape index (κ3) is 3.43. The van der Waals surface area contributed by atoms with Crippen molar-refractivity contribution in [2.45, 2.75) is 46.5 Å². The molecule has 0 spiro atoms. The minimum absolute atomic E-state index is 0.167. The lowest BCUT2D eigenvalue weighted by Crippen LogP contribution is -2.40. The largest absolute Gasteiger partial charge is 0.355 e. The van der Waals surface area contributed by atoms with Crippen LogP contribution in [0.4, 0.5) is 5.69 Å². The van der Waals surface area contributed by atoms with Crippen LogP contribution in [0.1, 0.15) is 43.7 Å². The van der Waals surface area contributed by atoms with E-state index in [2.05, 4.69) is 17.6 Å². The van der Waals surface area contributed by atoms with Crippen molar-refractivity contribution in [2.75, 3.05) is 11.9 Å². The molecule has 1 aliphatic rings. The van der Waals surface area contributed by atoms with E-state index in [1.165, 1.54) is 0 Å². The van der Waals surface area contributed by atoms with Crippen molar-refractivity contribution < 1.29 is 9.59 Å². The van der Waals surface area contributed by atoms with Crippen LogP contribution < -0.4 is 10.6 Å². The van der Waals surface area contributed by atoms with Gasteiger partial charge >= 0.3 is 0 Å². The zero-order valence-electron chi connectivity index (χ0n) is 13.4. The Morgan fingerprint density at radius 3 is 2.45 bits per heavy atom. The van der Waals surface area contributed by atoms with Gasteiger partial charge in [0.2, 0.25) is 11.8 Å². The van der Waals surface area contributed by atoms with Gasteiger partial charge in [-0.15, -0.1) is 0 Å². The minimum Gasteiger partial charge on any atom is -0.355 e. The van der Waals surface area contributed by atoms with Crippen molar-refractivity contribution in [2.24, 2.45) is 5.41 Å². The van der Waals surface area contributed by atoms with E-state index in [1.807, 2.05) is 26.0 Å². The summed E-state index contributed by atoms with van der Waals surface area (Å²) in [6.45, 7) is 6.53. The molecule has 1 fully saturated rings. The van der Waals surface area contributed by atoms with E-state index in [0.717, 1.165) is 24.0 Å². The fourth-order valence-corrected chi connectivity index (χ4v) is 2.91. The molecule has 1 aliphatic carbocycles. The highest BCUT2D eigenvalue weighted by Crippen LogP contribution is 2.47. The molecule has 1 aromatic carbocycles. The van der Waals surface area contributed by atoms with Gasteiger partial charge in [0.05, 0.1) is 10.7 Å². The molecule has 0 aliphatic heterocycles. The number of halogens is 1. The third-order valence-electron chi connectivity index (χ3n) is 4.11. The monoisotopic (exact) mass is 322 g/mol. The summed E-state index contributed by atoms with van der Waals surface area (Å²) in [5, 5.41) is 6.21. The smallest absolute Gasteiger partial charge is 0.240 e. The van der Waals surface area contributed by atoms with E-state index in [-0.39, 0.29) is 11.8 Å². The molecule has 2 amide bonds. The predicted molar refractivity (Wildman–Crippen MR) is 89.1 cm³/mol. The Labute approximate surface area is 136 Å². The van der Waals surface area contributed by atoms with Crippen molar-refractivity contribution in [3.8, 4) is 0 Å². The van der Waals surface area contributed by atoms with Crippen molar-refractivity contribution in [3.05, 3.63) is 28.3 Å². The van der Waals surface area contributed by atoms with Gasteiger partial charge in [0, 0.05) is 6.54 Å². The van der Waals surface area contributed by atoms with Crippen LogP contribution in [-0.2, 0) is 9.59 Å². The first kappa shape index (κ1) is 16.8. The summed E-state index contributed by atoms with van der Waals surface area (Å²) >= 11 is 6.22. The molecule has 0 atom stereocenters. The van der Waals surface area contributed by atoms with Gasteiger partial charge in [-0.3, -0.25) is 9.59 Å². The molecule has 0 saturated heterocycles. The molecule has 2 rings (SSSR count). The SMILES string of the molecule is CCCCNC(=O)C1(C(=O)Nc2c(C)cc(C)cc2Cl)CC1. The van der Waals surface area contributed by atoms with E-state index >= 15 is 0 Å². The van der Waals surface area contributed by atoms with E-state index in [0.29, 0.717) is 30.1 Å². The molecular weight excluding hydrogens is 300 g/mol. The maximum absolute atomic E-state index is 12.5. The van der Waals surface area contributed by atoms with Gasteiger partial charge < -0.3 is 10.6 Å². The van der Waals surface area contributed by atoms with Crippen LogP contribution in [-0.4, -0.2) is 18.4 Å². The molecule has 0 bridgehead atoms. The summed E-state index contributed by atoms with van der Waals surface area (Å²) in [6.07, 6.45) is 3.13. The second kappa shape index (κ2) is 6.69. The summed E-state index contributed by atoms with van der Waals surface area (Å²) in [5.41, 5.74) is 1.64. The van der Waals surface area contributed by atoms with E-state index in [1.54, 1.807) is 0 Å². The van der Waals surface area contributed by atoms with Gasteiger partial charge in [0.15, 0.2) is 0 Å². The minimum atomic E-state index is -0.908. The van der Waals surface area contributed by atoms with Gasteiger partial charge in [0.1, 0.15) is 5.41 Å². The normalized spacial score (nSPS) is 15.3. The van der Waals surface area contributed by atoms with Crippen LogP contribution in [0.25, 0.3) is 0 Å². The number of rotatable bonds is 6. The number of hydrogen-bond acceptors (Lipinski definition) is 2. The molecule has 1 aromatic rings. The summed E-state index contributed by atoms with van der Waals surface area (Å²) in [7, 11) is 0. The molecule has 0 heterocycles. The van der Waals surface area contributed by atoms with Gasteiger partial charge in [0.25, 0.3) is 0 Å². The van der Waals surface area contributed by atoms with Crippen LogP contribution in [0.2, 0.25) is 5.02 Å². The van der Waals surface area contributed by atoms with Crippen LogP contribution in [0.15, 0.2) is 12.1 Å². The number of aryl methyl sites for hydroxylation is 2. The molecule has 0 aromatic heterocycles. The first-order chi connectivity index (χ1) is 10.4. The summed E-state index contributed by atoms with van der Waals surface area (Å²) in [5.74, 6) is -0.422. The molecule has 5 heteroatoms. The van der Waals surface area contributed by atoms with E-state index in [9.17, 15) is 9.59 Å². The molecular formula is C17H23ClN2O2. The lowest BCUT2D eigenvalue weighted by molar-refractivity contribution is -0.134. The fraction of sp³-hybridized carbons (Fsp3) is 0.529. The van der Waals surface area contributed by atoms with Crippen LogP contribution in [0.3, 0.4) is 0 Å². The number of hydrogen-bond donors (Lipinski definition) is 2. The Bertz CT molecular complexity index is 571. The highest BCUT2D eigenvalue weighted by molar-refractivity contribution is 6.34. The van der Waals surface area contributed by atoms with E-state index < -0.39 is 5.41 Å². The lowest BCUT2D eigenvalue weighted by Gasteiger charge is -2.17. The Morgan fingerprint density at radius 1 is 1.23 bits per heavy atom. The van der Waals surface area contributed by atoms with Gasteiger partial charge in [-0.2, -0.15) is 0 Å². The summed E-state index contributed by atoms with van der Waals surface area (Å²) in [4.78, 5) is 24.8. The molecule has 120 valence electrons. The summed E-state index contributed by atoms with van der Waals surface area (Å²) in [6, 6.07) is 3.77. The standard InChI is InChI=1S/C17H23ClN2O2/c1-4-5-8-19-15(21)17(6-7-17)16(22)20-14-12(3)9-11(2)10-13(14)18/h9-10H,4-8H2,1-3H3,(H,19,21)(H,20,22). The van der Waals surface area contributed by atoms with Crippen molar-refractivity contribution in [1.29, 1.82) is 0 Å². The van der Waals surface area contributed by atoms with Crippen LogP contribution in [0.5, 0.6) is 0 Å². The van der Waals surface area contributed by atoms with Crippen molar-refractivity contribution in [1.82, 2.24) is 5.32 Å². The van der Waals surface area contributed by atoms with Gasteiger partial charge in [-0.25, -0.2) is 0 Å². The highest BCUT2D eigenvalue weighted by Gasteiger charge is 2.56. The maximum atomic E-state index is 12.5. The zero-order chi connectivity index (χ0) is 16.3. The second-order valence-electron chi connectivity index (χ2n) is 6.08. The molecule has 4 nitrogen and oxygen atoms in total. The average Bonchev–Trinajstić information content (AvgIpc) is 3.24. The maximum Gasteiger partial charge on any atom is 0.240 e. The second-order valence-corrected chi connectivity index (χ2v) is 6.49. The molecule has 2 N–H and O–H groups in total. The topological polar surface area (TPSA) is 58.2 Å². The number of unbranched alkanes of at least 4 members (excludes halogenated alkanes) is 1. The quantitative estimate of drug-likeness (QED) is 0.621. The summed E-state index contributed by atoms with van der Waals surface area (Å²) < 4.78 is 0. The van der Waals surface area contributed by atoms with Gasteiger partial charge in [-0.1, -0.05) is 31.0 Å². The van der Waals surface area contributed by atoms with Gasteiger partial charge in [-0.05, 0) is 50.3 Å². The Morgan fingerprint density at radius 2 is 1.91 bits per heavy atom. The lowest BCUT2D eigenvalue weighted by atomic mass is 10.0. The Balaban J connectivity index is 2.08. The van der Waals surface area contributed by atoms with Crippen LogP contribution >= 0.6 is 11.6 Å². The first-order valence-corrected chi connectivity index (χ1v) is 8.15. The molecule has 22 heavy (non-hydrogen) atoms.